The van der Waals surface area contributed by atoms with Crippen molar-refractivity contribution in [3.63, 3.8) is 0 Å². The van der Waals surface area contributed by atoms with Crippen molar-refractivity contribution in [1.29, 1.82) is 0 Å². The van der Waals surface area contributed by atoms with Crippen LogP contribution in [0.2, 0.25) is 0 Å². The first-order valence-electron chi connectivity index (χ1n) is 6.38. The summed E-state index contributed by atoms with van der Waals surface area (Å²) < 4.78 is 0.958. The van der Waals surface area contributed by atoms with E-state index in [0.29, 0.717) is 22.0 Å². The van der Waals surface area contributed by atoms with Gasteiger partial charge in [-0.3, -0.25) is 4.98 Å². The smallest absolute Gasteiger partial charge is 0.347 e. The van der Waals surface area contributed by atoms with Crippen molar-refractivity contribution < 1.29 is 9.90 Å². The number of pyridine rings is 1. The number of hydrogen-bond acceptors (Lipinski definition) is 4. The van der Waals surface area contributed by atoms with Gasteiger partial charge in [0.2, 0.25) is 0 Å². The number of benzene rings is 1. The van der Waals surface area contributed by atoms with Crippen LogP contribution in [0.25, 0.3) is 21.5 Å². The van der Waals surface area contributed by atoms with E-state index in [9.17, 15) is 9.90 Å². The van der Waals surface area contributed by atoms with Crippen LogP contribution < -0.4 is 0 Å². The molecule has 3 aromatic rings. The lowest BCUT2D eigenvalue weighted by atomic mass is 10.1. The van der Waals surface area contributed by atoms with Crippen LogP contribution in [-0.4, -0.2) is 21.0 Å². The summed E-state index contributed by atoms with van der Waals surface area (Å²) in [5.41, 5.74) is 2.30. The summed E-state index contributed by atoms with van der Waals surface area (Å²) in [5, 5.41) is 10.9. The van der Waals surface area contributed by atoms with Crippen LogP contribution in [0.4, 0.5) is 0 Å². The number of carboxylic acids is 1. The van der Waals surface area contributed by atoms with E-state index in [2.05, 4.69) is 25.9 Å². The third-order valence-corrected chi connectivity index (χ3v) is 4.98. The Morgan fingerprint density at radius 1 is 1.38 bits per heavy atom. The van der Waals surface area contributed by atoms with Gasteiger partial charge in [0.1, 0.15) is 9.88 Å². The molecular weight excluding hydrogens is 352 g/mol. The average Bonchev–Trinajstić information content (AvgIpc) is 2.92. The van der Waals surface area contributed by atoms with Gasteiger partial charge >= 0.3 is 5.97 Å². The lowest BCUT2D eigenvalue weighted by Gasteiger charge is -2.04. The van der Waals surface area contributed by atoms with Crippen molar-refractivity contribution in [2.75, 3.05) is 0 Å². The molecule has 0 radical (unpaired) electrons. The zero-order valence-corrected chi connectivity index (χ0v) is 13.5. The number of carbonyl (C=O) groups is 1. The van der Waals surface area contributed by atoms with E-state index in [1.807, 2.05) is 31.2 Å². The van der Waals surface area contributed by atoms with Gasteiger partial charge in [-0.1, -0.05) is 28.9 Å². The number of aryl methyl sites for hydroxylation is 1. The van der Waals surface area contributed by atoms with Gasteiger partial charge in [-0.2, -0.15) is 0 Å². The van der Waals surface area contributed by atoms with Crippen molar-refractivity contribution >= 4 is 44.1 Å². The van der Waals surface area contributed by atoms with E-state index in [4.69, 9.17) is 0 Å². The molecule has 2 heterocycles. The molecule has 2 aromatic heterocycles. The van der Waals surface area contributed by atoms with Crippen LogP contribution in [0, 0.1) is 0 Å². The predicted molar refractivity (Wildman–Crippen MR) is 86.9 cm³/mol. The first kappa shape index (κ1) is 14.2. The highest BCUT2D eigenvalue weighted by Gasteiger charge is 2.18. The minimum absolute atomic E-state index is 0.305. The number of thiazole rings is 1. The second-order valence-electron chi connectivity index (χ2n) is 4.45. The summed E-state index contributed by atoms with van der Waals surface area (Å²) in [4.78, 5) is 20.5. The molecule has 0 aliphatic carbocycles. The van der Waals surface area contributed by atoms with Crippen LogP contribution >= 0.6 is 27.3 Å². The first-order chi connectivity index (χ1) is 10.1. The van der Waals surface area contributed by atoms with Gasteiger partial charge in [-0.25, -0.2) is 9.78 Å². The van der Waals surface area contributed by atoms with Gasteiger partial charge in [0.05, 0.1) is 11.2 Å². The Hall–Kier alpha value is -1.79. The van der Waals surface area contributed by atoms with Crippen molar-refractivity contribution in [3.8, 4) is 10.6 Å². The number of aromatic nitrogens is 2. The molecule has 21 heavy (non-hydrogen) atoms. The molecule has 1 N–H and O–H groups in total. The molecule has 1 aromatic carbocycles. The molecule has 6 heteroatoms. The maximum atomic E-state index is 11.3. The predicted octanol–water partition coefficient (Wildman–Crippen LogP) is 4.38. The van der Waals surface area contributed by atoms with Crippen LogP contribution in [0.15, 0.2) is 34.9 Å². The van der Waals surface area contributed by atoms with Crippen molar-refractivity contribution in [2.45, 2.75) is 13.3 Å². The summed E-state index contributed by atoms with van der Waals surface area (Å²) in [7, 11) is 0. The number of carboxylic acid groups (broad SMARTS) is 1. The van der Waals surface area contributed by atoms with Gasteiger partial charge < -0.3 is 5.11 Å². The third-order valence-electron chi connectivity index (χ3n) is 3.17. The van der Waals surface area contributed by atoms with Crippen LogP contribution in [0.3, 0.4) is 0 Å². The minimum Gasteiger partial charge on any atom is -0.477 e. The number of fused-ring (bicyclic) bond motifs is 1. The highest BCUT2D eigenvalue weighted by molar-refractivity contribution is 9.10. The number of aromatic carboxylic acids is 1. The number of rotatable bonds is 3. The Morgan fingerprint density at radius 2 is 2.19 bits per heavy atom. The second-order valence-corrected chi connectivity index (χ2v) is 6.30. The van der Waals surface area contributed by atoms with Gasteiger partial charge in [-0.05, 0) is 24.6 Å². The van der Waals surface area contributed by atoms with E-state index < -0.39 is 5.97 Å². The molecule has 0 aliphatic heterocycles. The van der Waals surface area contributed by atoms with E-state index in [0.717, 1.165) is 20.9 Å². The fraction of sp³-hybridized carbons (Fsp3) is 0.133. The zero-order chi connectivity index (χ0) is 15.0. The molecule has 4 nitrogen and oxygen atoms in total. The molecule has 0 spiro atoms. The summed E-state index contributed by atoms with van der Waals surface area (Å²) in [6, 6.07) is 7.71. The van der Waals surface area contributed by atoms with E-state index in [1.54, 1.807) is 6.20 Å². The quantitative estimate of drug-likeness (QED) is 0.750. The van der Waals surface area contributed by atoms with Gasteiger partial charge in [0.15, 0.2) is 0 Å². The van der Waals surface area contributed by atoms with Crippen LogP contribution in [0.5, 0.6) is 0 Å². The Balaban J connectivity index is 2.26. The molecule has 0 amide bonds. The molecule has 106 valence electrons. The second kappa shape index (κ2) is 5.54. The minimum atomic E-state index is -0.926. The van der Waals surface area contributed by atoms with Gasteiger partial charge in [0.25, 0.3) is 0 Å². The van der Waals surface area contributed by atoms with Crippen molar-refractivity contribution in [1.82, 2.24) is 9.97 Å². The van der Waals surface area contributed by atoms with Crippen LogP contribution in [0.1, 0.15) is 22.3 Å². The highest BCUT2D eigenvalue weighted by Crippen LogP contribution is 2.35. The lowest BCUT2D eigenvalue weighted by molar-refractivity contribution is 0.0701. The molecule has 0 fully saturated rings. The monoisotopic (exact) mass is 362 g/mol. The van der Waals surface area contributed by atoms with Crippen molar-refractivity contribution in [2.24, 2.45) is 0 Å². The van der Waals surface area contributed by atoms with Gasteiger partial charge in [0, 0.05) is 21.6 Å². The third kappa shape index (κ3) is 2.45. The summed E-state index contributed by atoms with van der Waals surface area (Å²) in [5.74, 6) is -0.926. The van der Waals surface area contributed by atoms with Crippen LogP contribution in [-0.2, 0) is 6.42 Å². The highest BCUT2D eigenvalue weighted by atomic mass is 79.9. The molecular formula is C15H11BrN2O2S. The Kier molecular flexibility index (Phi) is 3.73. The fourth-order valence-corrected chi connectivity index (χ4v) is 3.66. The molecule has 0 saturated heterocycles. The summed E-state index contributed by atoms with van der Waals surface area (Å²) in [6.45, 7) is 1.91. The molecule has 0 unspecified atom stereocenters. The number of hydrogen-bond donors (Lipinski definition) is 1. The number of halogens is 1. The Labute approximate surface area is 133 Å². The van der Waals surface area contributed by atoms with Crippen molar-refractivity contribution in [3.05, 3.63) is 45.5 Å². The standard InChI is InChI=1S/C15H11BrN2O2S/c1-2-11-13(15(19)20)21-14(18-11)9-5-6-10(16)8-4-3-7-17-12(8)9/h3-7H,2H2,1H3,(H,19,20). The lowest BCUT2D eigenvalue weighted by Crippen LogP contribution is -1.97. The topological polar surface area (TPSA) is 63.1 Å². The normalized spacial score (nSPS) is 11.0. The maximum absolute atomic E-state index is 11.3. The molecule has 0 bridgehead atoms. The molecule has 0 aliphatic rings. The van der Waals surface area contributed by atoms with E-state index in [-0.39, 0.29) is 0 Å². The zero-order valence-electron chi connectivity index (χ0n) is 11.1. The molecule has 0 atom stereocenters. The summed E-state index contributed by atoms with van der Waals surface area (Å²) in [6.07, 6.45) is 2.32. The Morgan fingerprint density at radius 3 is 2.86 bits per heavy atom. The SMILES string of the molecule is CCc1nc(-c2ccc(Br)c3cccnc23)sc1C(=O)O. The maximum Gasteiger partial charge on any atom is 0.347 e. The Bertz CT molecular complexity index is 845. The fourth-order valence-electron chi connectivity index (χ4n) is 2.18. The molecule has 3 rings (SSSR count). The van der Waals surface area contributed by atoms with Gasteiger partial charge in [-0.15, -0.1) is 11.3 Å². The number of nitrogens with zero attached hydrogens (tertiary/aromatic N) is 2. The van der Waals surface area contributed by atoms with E-state index >= 15 is 0 Å². The summed E-state index contributed by atoms with van der Waals surface area (Å²) >= 11 is 4.71. The average molecular weight is 363 g/mol. The largest absolute Gasteiger partial charge is 0.477 e. The van der Waals surface area contributed by atoms with E-state index in [1.165, 1.54) is 11.3 Å². The first-order valence-corrected chi connectivity index (χ1v) is 7.99. The molecule has 0 saturated carbocycles.